The van der Waals surface area contributed by atoms with Crippen LogP contribution in [-0.4, -0.2) is 0 Å². The van der Waals surface area contributed by atoms with Gasteiger partial charge in [-0.25, -0.2) is 0 Å². The number of aryl methyl sites for hydroxylation is 1. The zero-order valence-corrected chi connectivity index (χ0v) is 6.36. The summed E-state index contributed by atoms with van der Waals surface area (Å²) in [5.74, 6) is 0. The van der Waals surface area contributed by atoms with E-state index >= 15 is 0 Å². The average molecular weight is 147 g/mol. The molecule has 11 heavy (non-hydrogen) atoms. The molecule has 0 amide bonds. The molecule has 3 heteroatoms. The number of hydrogen-bond acceptors (Lipinski definition) is 1. The second-order valence-electron chi connectivity index (χ2n) is 2.38. The molecule has 0 bridgehead atoms. The Hall–Kier alpha value is -1.47. The van der Waals surface area contributed by atoms with Gasteiger partial charge in [0.25, 0.3) is 0 Å². The molecule has 0 spiro atoms. The van der Waals surface area contributed by atoms with Gasteiger partial charge in [0.1, 0.15) is 0 Å². The molecule has 0 aliphatic carbocycles. The molecule has 3 nitrogen and oxygen atoms in total. The maximum Gasteiger partial charge on any atom is 0.0510 e. The summed E-state index contributed by atoms with van der Waals surface area (Å²) in [5, 5.41) is 3.46. The first-order valence-corrected chi connectivity index (χ1v) is 3.39. The number of azide groups is 1. The van der Waals surface area contributed by atoms with Crippen molar-refractivity contribution in [3.8, 4) is 0 Å². The third-order valence-corrected chi connectivity index (χ3v) is 1.40. The van der Waals surface area contributed by atoms with Gasteiger partial charge in [0, 0.05) is 4.91 Å². The second kappa shape index (κ2) is 3.64. The third kappa shape index (κ3) is 2.32. The van der Waals surface area contributed by atoms with Gasteiger partial charge in [-0.15, -0.1) is 0 Å². The van der Waals surface area contributed by atoms with Crippen LogP contribution >= 0.6 is 0 Å². The van der Waals surface area contributed by atoms with E-state index in [1.165, 1.54) is 5.56 Å². The maximum absolute atomic E-state index is 8.06. The van der Waals surface area contributed by atoms with Crippen molar-refractivity contribution in [3.63, 3.8) is 0 Å². The van der Waals surface area contributed by atoms with E-state index < -0.39 is 0 Å². The number of rotatable bonds is 2. The summed E-state index contributed by atoms with van der Waals surface area (Å²) in [5.41, 5.74) is 10.3. The lowest BCUT2D eigenvalue weighted by Crippen LogP contribution is -1.80. The molecule has 0 N–H and O–H groups in total. The minimum atomic E-state index is 0.443. The summed E-state index contributed by atoms with van der Waals surface area (Å²) in [6.45, 7) is 2.46. The summed E-state index contributed by atoms with van der Waals surface area (Å²) in [4.78, 5) is 2.69. The molecule has 1 rings (SSSR count). The Morgan fingerprint density at radius 2 is 2.36 bits per heavy atom. The Labute approximate surface area is 65.3 Å². The molecule has 0 radical (unpaired) electrons. The van der Waals surface area contributed by atoms with E-state index in [4.69, 9.17) is 5.53 Å². The van der Waals surface area contributed by atoms with Crippen LogP contribution in [0.25, 0.3) is 10.4 Å². The van der Waals surface area contributed by atoms with E-state index in [0.717, 1.165) is 5.56 Å². The van der Waals surface area contributed by atoms with E-state index in [9.17, 15) is 0 Å². The standard InChI is InChI=1S/C8H9N3/c1-7-3-2-4-8(5-7)6-10-11-9/h2-5H,6H2,1H3. The van der Waals surface area contributed by atoms with Crippen molar-refractivity contribution in [2.24, 2.45) is 5.11 Å². The first-order chi connectivity index (χ1) is 5.33. The number of nitrogens with zero attached hydrogens (tertiary/aromatic N) is 3. The monoisotopic (exact) mass is 147 g/mol. The third-order valence-electron chi connectivity index (χ3n) is 1.40. The SMILES string of the molecule is Cc1cccc(CN=[N+]=[N-])c1. The molecule has 0 unspecified atom stereocenters. The van der Waals surface area contributed by atoms with Crippen LogP contribution in [0.2, 0.25) is 0 Å². The molecular formula is C8H9N3. The van der Waals surface area contributed by atoms with Gasteiger partial charge in [0.2, 0.25) is 0 Å². The van der Waals surface area contributed by atoms with Crippen LogP contribution < -0.4 is 0 Å². The minimum Gasteiger partial charge on any atom is -0.0893 e. The first-order valence-electron chi connectivity index (χ1n) is 3.39. The minimum absolute atomic E-state index is 0.443. The zero-order chi connectivity index (χ0) is 8.10. The van der Waals surface area contributed by atoms with Gasteiger partial charge in [0.05, 0.1) is 6.54 Å². The summed E-state index contributed by atoms with van der Waals surface area (Å²) in [7, 11) is 0. The fourth-order valence-electron chi connectivity index (χ4n) is 0.924. The van der Waals surface area contributed by atoms with E-state index in [-0.39, 0.29) is 0 Å². The predicted molar refractivity (Wildman–Crippen MR) is 44.0 cm³/mol. The van der Waals surface area contributed by atoms with E-state index in [0.29, 0.717) is 6.54 Å². The van der Waals surface area contributed by atoms with Crippen molar-refractivity contribution < 1.29 is 0 Å². The van der Waals surface area contributed by atoms with Gasteiger partial charge in [0.15, 0.2) is 0 Å². The Morgan fingerprint density at radius 1 is 1.55 bits per heavy atom. The Balaban J connectivity index is 2.79. The maximum atomic E-state index is 8.06. The normalized spacial score (nSPS) is 8.82. The largest absolute Gasteiger partial charge is 0.0893 e. The summed E-state index contributed by atoms with van der Waals surface area (Å²) in [6.07, 6.45) is 0. The highest BCUT2D eigenvalue weighted by Crippen LogP contribution is 2.04. The number of benzene rings is 1. The highest BCUT2D eigenvalue weighted by Gasteiger charge is 1.88. The van der Waals surface area contributed by atoms with Crippen molar-refractivity contribution in [2.45, 2.75) is 13.5 Å². The van der Waals surface area contributed by atoms with E-state index in [1.807, 2.05) is 31.2 Å². The molecular weight excluding hydrogens is 138 g/mol. The van der Waals surface area contributed by atoms with Crippen LogP contribution in [0.4, 0.5) is 0 Å². The van der Waals surface area contributed by atoms with Crippen molar-refractivity contribution in [1.29, 1.82) is 0 Å². The van der Waals surface area contributed by atoms with Gasteiger partial charge in [-0.2, -0.15) is 0 Å². The summed E-state index contributed by atoms with van der Waals surface area (Å²) < 4.78 is 0. The van der Waals surface area contributed by atoms with E-state index in [1.54, 1.807) is 0 Å². The Kier molecular flexibility index (Phi) is 2.53. The van der Waals surface area contributed by atoms with Crippen LogP contribution in [0, 0.1) is 6.92 Å². The average Bonchev–Trinajstić information content (AvgIpc) is 2.01. The molecule has 56 valence electrons. The molecule has 0 aromatic heterocycles. The molecule has 1 aromatic carbocycles. The van der Waals surface area contributed by atoms with Gasteiger partial charge in [-0.05, 0) is 18.0 Å². The Bertz CT molecular complexity index is 287. The molecule has 0 aliphatic heterocycles. The van der Waals surface area contributed by atoms with Gasteiger partial charge < -0.3 is 0 Å². The Morgan fingerprint density at radius 3 is 3.00 bits per heavy atom. The molecule has 0 fully saturated rings. The second-order valence-corrected chi connectivity index (χ2v) is 2.38. The zero-order valence-electron chi connectivity index (χ0n) is 6.36. The fourth-order valence-corrected chi connectivity index (χ4v) is 0.924. The van der Waals surface area contributed by atoms with Gasteiger partial charge in [-0.1, -0.05) is 34.9 Å². The van der Waals surface area contributed by atoms with Crippen molar-refractivity contribution in [3.05, 3.63) is 45.8 Å². The molecule has 1 aromatic rings. The topological polar surface area (TPSA) is 48.8 Å². The van der Waals surface area contributed by atoms with Crippen LogP contribution in [-0.2, 0) is 6.54 Å². The van der Waals surface area contributed by atoms with E-state index in [2.05, 4.69) is 10.0 Å². The van der Waals surface area contributed by atoms with Gasteiger partial charge >= 0.3 is 0 Å². The van der Waals surface area contributed by atoms with Crippen molar-refractivity contribution in [1.82, 2.24) is 0 Å². The lowest BCUT2D eigenvalue weighted by atomic mass is 10.1. The van der Waals surface area contributed by atoms with Crippen LogP contribution in [0.1, 0.15) is 11.1 Å². The predicted octanol–water partition coefficient (Wildman–Crippen LogP) is 2.81. The summed E-state index contributed by atoms with van der Waals surface area (Å²) >= 11 is 0. The van der Waals surface area contributed by atoms with Crippen molar-refractivity contribution >= 4 is 0 Å². The number of hydrogen-bond donors (Lipinski definition) is 0. The van der Waals surface area contributed by atoms with Crippen LogP contribution in [0.3, 0.4) is 0 Å². The first kappa shape index (κ1) is 7.63. The molecule has 0 heterocycles. The van der Waals surface area contributed by atoms with Gasteiger partial charge in [-0.3, -0.25) is 0 Å². The lowest BCUT2D eigenvalue weighted by molar-refractivity contribution is 1.04. The molecule has 0 saturated heterocycles. The molecule has 0 atom stereocenters. The van der Waals surface area contributed by atoms with Crippen molar-refractivity contribution in [2.75, 3.05) is 0 Å². The fraction of sp³-hybridized carbons (Fsp3) is 0.250. The lowest BCUT2D eigenvalue weighted by Gasteiger charge is -1.95. The highest BCUT2D eigenvalue weighted by atomic mass is 15.1. The van der Waals surface area contributed by atoms with Crippen LogP contribution in [0.15, 0.2) is 29.4 Å². The highest BCUT2D eigenvalue weighted by molar-refractivity contribution is 5.21. The quantitative estimate of drug-likeness (QED) is 0.351. The van der Waals surface area contributed by atoms with Crippen LogP contribution in [0.5, 0.6) is 0 Å². The summed E-state index contributed by atoms with van der Waals surface area (Å²) in [6, 6.07) is 7.92. The molecule has 0 aliphatic rings. The smallest absolute Gasteiger partial charge is 0.0510 e. The molecule has 0 saturated carbocycles.